The smallest absolute Gasteiger partial charge is 0.321 e. The van der Waals surface area contributed by atoms with Gasteiger partial charge in [-0.25, -0.2) is 4.79 Å². The van der Waals surface area contributed by atoms with Gasteiger partial charge in [0.05, 0.1) is 20.8 Å². The number of amides is 2. The fourth-order valence-electron chi connectivity index (χ4n) is 2.88. The highest BCUT2D eigenvalue weighted by Gasteiger charge is 2.28. The highest BCUT2D eigenvalue weighted by atomic mass is 16.5. The third-order valence-electron chi connectivity index (χ3n) is 4.41. The van der Waals surface area contributed by atoms with Crippen LogP contribution in [0.15, 0.2) is 30.3 Å². The number of ether oxygens (including phenoxy) is 3. The lowest BCUT2D eigenvalue weighted by molar-refractivity contribution is 0.188. The first-order valence-electron chi connectivity index (χ1n) is 8.95. The molecule has 1 aromatic carbocycles. The molecule has 1 aliphatic rings. The van der Waals surface area contributed by atoms with E-state index in [1.165, 1.54) is 0 Å². The Hall–Kier alpha value is -3.23. The maximum Gasteiger partial charge on any atom is 0.321 e. The van der Waals surface area contributed by atoms with E-state index in [0.717, 1.165) is 12.2 Å². The number of carbonyl (C=O) groups is 1. The number of carbonyl (C=O) groups excluding carboxylic acids is 1. The molecule has 1 fully saturated rings. The number of aromatic nitrogens is 2. The van der Waals surface area contributed by atoms with Crippen LogP contribution in [0.5, 0.6) is 17.4 Å². The van der Waals surface area contributed by atoms with Crippen molar-refractivity contribution in [2.24, 2.45) is 0 Å². The average molecular weight is 387 g/mol. The fraction of sp³-hybridized carbons (Fsp3) is 0.421. The van der Waals surface area contributed by atoms with E-state index in [1.807, 2.05) is 25.1 Å². The zero-order valence-electron chi connectivity index (χ0n) is 16.5. The van der Waals surface area contributed by atoms with E-state index in [0.29, 0.717) is 36.2 Å². The van der Waals surface area contributed by atoms with E-state index in [4.69, 9.17) is 14.2 Å². The van der Waals surface area contributed by atoms with E-state index >= 15 is 0 Å². The quantitative estimate of drug-likeness (QED) is 0.813. The molecule has 1 atom stereocenters. The number of likely N-dealkylation sites (tertiary alicyclic amines) is 1. The van der Waals surface area contributed by atoms with Gasteiger partial charge in [-0.15, -0.1) is 10.2 Å². The van der Waals surface area contributed by atoms with E-state index in [1.54, 1.807) is 43.4 Å². The van der Waals surface area contributed by atoms with Crippen LogP contribution in [0, 0.1) is 0 Å². The number of benzene rings is 1. The Bertz CT molecular complexity index is 790. The van der Waals surface area contributed by atoms with Crippen molar-refractivity contribution in [3.63, 3.8) is 0 Å². The van der Waals surface area contributed by atoms with Crippen LogP contribution in [0.2, 0.25) is 0 Å². The molecule has 2 heterocycles. The molecule has 28 heavy (non-hydrogen) atoms. The van der Waals surface area contributed by atoms with Crippen molar-refractivity contribution in [1.82, 2.24) is 15.1 Å². The Morgan fingerprint density at radius 3 is 2.43 bits per heavy atom. The second-order valence-corrected chi connectivity index (χ2v) is 6.63. The molecule has 2 aromatic rings. The first-order chi connectivity index (χ1) is 13.5. The van der Waals surface area contributed by atoms with Crippen LogP contribution >= 0.6 is 0 Å². The van der Waals surface area contributed by atoms with Crippen molar-refractivity contribution < 1.29 is 19.0 Å². The van der Waals surface area contributed by atoms with Crippen molar-refractivity contribution in [2.75, 3.05) is 51.6 Å². The van der Waals surface area contributed by atoms with Gasteiger partial charge in [0.2, 0.25) is 5.88 Å². The van der Waals surface area contributed by atoms with Gasteiger partial charge >= 0.3 is 6.03 Å². The van der Waals surface area contributed by atoms with E-state index in [2.05, 4.69) is 15.5 Å². The topological polar surface area (TPSA) is 89.1 Å². The molecule has 0 spiro atoms. The molecule has 9 nitrogen and oxygen atoms in total. The summed E-state index contributed by atoms with van der Waals surface area (Å²) in [6.45, 7) is 1.07. The zero-order valence-corrected chi connectivity index (χ0v) is 16.5. The van der Waals surface area contributed by atoms with Crippen LogP contribution in [-0.2, 0) is 0 Å². The summed E-state index contributed by atoms with van der Waals surface area (Å²) in [4.78, 5) is 16.1. The summed E-state index contributed by atoms with van der Waals surface area (Å²) in [5.41, 5.74) is 0.607. The third kappa shape index (κ3) is 4.73. The Kier molecular flexibility index (Phi) is 6.03. The van der Waals surface area contributed by atoms with E-state index in [9.17, 15) is 4.79 Å². The number of urea groups is 1. The summed E-state index contributed by atoms with van der Waals surface area (Å²) in [5, 5.41) is 11.1. The molecule has 150 valence electrons. The monoisotopic (exact) mass is 387 g/mol. The number of hydrogen-bond donors (Lipinski definition) is 1. The summed E-state index contributed by atoms with van der Waals surface area (Å²) in [6.07, 6.45) is 0.608. The first kappa shape index (κ1) is 19.5. The minimum absolute atomic E-state index is 0.120. The molecule has 1 aromatic heterocycles. The lowest BCUT2D eigenvalue weighted by atomic mass is 10.3. The molecule has 1 N–H and O–H groups in total. The SMILES string of the molecule is COc1cc(NC(=O)N2CCC(Oc3ccc(N(C)C)nn3)C2)cc(OC)c1. The van der Waals surface area contributed by atoms with Crippen LogP contribution < -0.4 is 24.4 Å². The Balaban J connectivity index is 1.57. The number of nitrogens with one attached hydrogen (secondary N) is 1. The summed E-state index contributed by atoms with van der Waals surface area (Å²) >= 11 is 0. The number of rotatable bonds is 6. The number of hydrogen-bond acceptors (Lipinski definition) is 7. The third-order valence-corrected chi connectivity index (χ3v) is 4.41. The molecule has 2 amide bonds. The molecule has 1 unspecified atom stereocenters. The molecule has 0 saturated carbocycles. The molecule has 1 saturated heterocycles. The van der Waals surface area contributed by atoms with Gasteiger partial charge in [0, 0.05) is 57.0 Å². The largest absolute Gasteiger partial charge is 0.497 e. The van der Waals surface area contributed by atoms with Crippen LogP contribution in [0.1, 0.15) is 6.42 Å². The number of anilines is 2. The van der Waals surface area contributed by atoms with E-state index < -0.39 is 0 Å². The minimum Gasteiger partial charge on any atom is -0.497 e. The summed E-state index contributed by atoms with van der Waals surface area (Å²) in [5.74, 6) is 2.43. The molecular weight excluding hydrogens is 362 g/mol. The second kappa shape index (κ2) is 8.64. The van der Waals surface area contributed by atoms with Crippen LogP contribution in [-0.4, -0.2) is 68.6 Å². The maximum atomic E-state index is 12.6. The Labute approximate surface area is 164 Å². The Morgan fingerprint density at radius 2 is 1.86 bits per heavy atom. The van der Waals surface area contributed by atoms with Crippen molar-refractivity contribution >= 4 is 17.5 Å². The van der Waals surface area contributed by atoms with Gasteiger partial charge in [0.15, 0.2) is 5.82 Å². The number of methoxy groups -OCH3 is 2. The van der Waals surface area contributed by atoms with Gasteiger partial charge in [-0.05, 0) is 6.07 Å². The van der Waals surface area contributed by atoms with Crippen LogP contribution in [0.4, 0.5) is 16.3 Å². The van der Waals surface area contributed by atoms with Gasteiger partial charge in [0.25, 0.3) is 0 Å². The minimum atomic E-state index is -0.199. The lowest BCUT2D eigenvalue weighted by Crippen LogP contribution is -2.34. The van der Waals surface area contributed by atoms with Crippen molar-refractivity contribution in [3.05, 3.63) is 30.3 Å². The molecule has 0 bridgehead atoms. The first-order valence-corrected chi connectivity index (χ1v) is 8.95. The fourth-order valence-corrected chi connectivity index (χ4v) is 2.88. The molecular formula is C19H25N5O4. The lowest BCUT2D eigenvalue weighted by Gasteiger charge is -2.18. The van der Waals surface area contributed by atoms with Crippen molar-refractivity contribution in [3.8, 4) is 17.4 Å². The van der Waals surface area contributed by atoms with Crippen LogP contribution in [0.3, 0.4) is 0 Å². The molecule has 0 aliphatic carbocycles. The van der Waals surface area contributed by atoms with E-state index in [-0.39, 0.29) is 12.1 Å². The maximum absolute atomic E-state index is 12.6. The normalized spacial score (nSPS) is 15.9. The molecule has 1 aliphatic heterocycles. The standard InChI is InChI=1S/C19H25N5O4/c1-23(2)17-5-6-18(22-21-17)28-14-7-8-24(12-14)19(25)20-13-9-15(26-3)11-16(10-13)27-4/h5-6,9-11,14H,7-8,12H2,1-4H3,(H,20,25). The highest BCUT2D eigenvalue weighted by molar-refractivity contribution is 5.90. The predicted molar refractivity (Wildman–Crippen MR) is 106 cm³/mol. The van der Waals surface area contributed by atoms with Crippen LogP contribution in [0.25, 0.3) is 0 Å². The second-order valence-electron chi connectivity index (χ2n) is 6.63. The Morgan fingerprint density at radius 1 is 1.14 bits per heavy atom. The zero-order chi connectivity index (χ0) is 20.1. The highest BCUT2D eigenvalue weighted by Crippen LogP contribution is 2.26. The molecule has 3 rings (SSSR count). The van der Waals surface area contributed by atoms with Crippen molar-refractivity contribution in [1.29, 1.82) is 0 Å². The summed E-state index contributed by atoms with van der Waals surface area (Å²) < 4.78 is 16.3. The van der Waals surface area contributed by atoms with Gasteiger partial charge in [0.1, 0.15) is 17.6 Å². The summed E-state index contributed by atoms with van der Waals surface area (Å²) in [6, 6.07) is 8.66. The van der Waals surface area contributed by atoms with Gasteiger partial charge in [-0.1, -0.05) is 0 Å². The summed E-state index contributed by atoms with van der Waals surface area (Å²) in [7, 11) is 6.93. The molecule has 0 radical (unpaired) electrons. The average Bonchev–Trinajstić information content (AvgIpc) is 3.16. The van der Waals surface area contributed by atoms with Gasteiger partial charge in [-0.3, -0.25) is 0 Å². The molecule has 9 heteroatoms. The van der Waals surface area contributed by atoms with Gasteiger partial charge in [-0.2, -0.15) is 0 Å². The predicted octanol–water partition coefficient (Wildman–Crippen LogP) is 2.25. The number of nitrogens with zero attached hydrogens (tertiary/aromatic N) is 4. The van der Waals surface area contributed by atoms with Gasteiger partial charge < -0.3 is 29.3 Å². The van der Waals surface area contributed by atoms with Crippen molar-refractivity contribution in [2.45, 2.75) is 12.5 Å².